The lowest BCUT2D eigenvalue weighted by molar-refractivity contribution is -0.136. The van der Waals surface area contributed by atoms with E-state index in [1.807, 2.05) is 0 Å². The number of aromatic hydroxyl groups is 1. The maximum atomic E-state index is 13.7. The van der Waals surface area contributed by atoms with Crippen LogP contribution in [-0.2, 0) is 20.8 Å². The van der Waals surface area contributed by atoms with E-state index in [0.717, 1.165) is 0 Å². The molecule has 3 aliphatic rings. The quantitative estimate of drug-likeness (QED) is 0.119. The first-order valence-electron chi connectivity index (χ1n) is 12.5. The molecule has 0 bridgehead atoms. The van der Waals surface area contributed by atoms with Crippen molar-refractivity contribution in [1.82, 2.24) is 10.2 Å². The van der Waals surface area contributed by atoms with Crippen LogP contribution in [0.15, 0.2) is 29.0 Å². The van der Waals surface area contributed by atoms with Gasteiger partial charge in [-0.05, 0) is 76.4 Å². The molecule has 4 unspecified atom stereocenters. The van der Waals surface area contributed by atoms with E-state index in [-0.39, 0.29) is 47.6 Å². The molecule has 38 heavy (non-hydrogen) atoms. The fourth-order valence-corrected chi connectivity index (χ4v) is 6.14. The molecular weight excluding hydrogens is 494 g/mol. The third kappa shape index (κ3) is 4.50. The van der Waals surface area contributed by atoms with Crippen molar-refractivity contribution in [3.63, 3.8) is 0 Å². The van der Waals surface area contributed by atoms with Gasteiger partial charge in [0, 0.05) is 11.1 Å². The zero-order valence-electron chi connectivity index (χ0n) is 21.5. The Morgan fingerprint density at radius 3 is 2.45 bits per heavy atom. The Morgan fingerprint density at radius 2 is 1.84 bits per heavy atom. The molecule has 0 heterocycles. The smallest absolute Gasteiger partial charge is 0.255 e. The standard InChI is InChI=1S/C27H33N3O8/c1-11(31)6-7-29-10-17(33)13-4-5-16(32)19-14(13)8-12-9-15-20(24(35)18(12)23(19)34)25(36)21(27(28)38)26(37)22(15)30(2)3/h4-5,11-12,15,20,22,29,31-32,34,37H,6-10H2,1-3H3,(H2,28,38)/t11?,12?,15?,20?,22-/m0/s1. The number of benzene rings is 1. The molecule has 0 aliphatic heterocycles. The van der Waals surface area contributed by atoms with Crippen LogP contribution in [0.2, 0.25) is 0 Å². The van der Waals surface area contributed by atoms with Crippen LogP contribution in [0.5, 0.6) is 5.75 Å². The highest BCUT2D eigenvalue weighted by atomic mass is 16.3. The van der Waals surface area contributed by atoms with Crippen LogP contribution in [-0.4, -0.2) is 87.9 Å². The number of primary amides is 1. The average Bonchev–Trinajstić information content (AvgIpc) is 2.80. The molecule has 3 aliphatic carbocycles. The highest BCUT2D eigenvalue weighted by Crippen LogP contribution is 2.50. The van der Waals surface area contributed by atoms with E-state index < -0.39 is 64.5 Å². The van der Waals surface area contributed by atoms with Gasteiger partial charge in [0.15, 0.2) is 17.3 Å². The number of Topliss-reactive ketones (excluding diaryl/α,β-unsaturated/α-hetero) is 3. The van der Waals surface area contributed by atoms with Crippen LogP contribution in [0.3, 0.4) is 0 Å². The highest BCUT2D eigenvalue weighted by Gasteiger charge is 2.55. The molecule has 11 nitrogen and oxygen atoms in total. The second kappa shape index (κ2) is 10.3. The van der Waals surface area contributed by atoms with E-state index in [9.17, 15) is 39.6 Å². The minimum absolute atomic E-state index is 0.0265. The number of hydrogen-bond donors (Lipinski definition) is 6. The second-order valence-corrected chi connectivity index (χ2v) is 10.5. The molecule has 0 spiro atoms. The number of amides is 1. The summed E-state index contributed by atoms with van der Waals surface area (Å²) in [6.45, 7) is 2.04. The van der Waals surface area contributed by atoms with E-state index in [2.05, 4.69) is 5.32 Å². The van der Waals surface area contributed by atoms with Crippen LogP contribution in [0.1, 0.15) is 41.3 Å². The number of phenolic OH excluding ortho intramolecular Hbond substituents is 1. The zero-order valence-corrected chi connectivity index (χ0v) is 21.5. The number of allylic oxidation sites excluding steroid dienone is 1. The molecule has 5 atom stereocenters. The van der Waals surface area contributed by atoms with Crippen molar-refractivity contribution in [2.24, 2.45) is 23.5 Å². The molecule has 1 aromatic rings. The van der Waals surface area contributed by atoms with Gasteiger partial charge in [-0.25, -0.2) is 0 Å². The van der Waals surface area contributed by atoms with Crippen LogP contribution < -0.4 is 11.1 Å². The van der Waals surface area contributed by atoms with Gasteiger partial charge in [-0.2, -0.15) is 0 Å². The number of aliphatic hydroxyl groups is 3. The first kappa shape index (κ1) is 27.5. The summed E-state index contributed by atoms with van der Waals surface area (Å²) in [6, 6.07) is 1.91. The monoisotopic (exact) mass is 527 g/mol. The Balaban J connectivity index is 1.76. The van der Waals surface area contributed by atoms with Gasteiger partial charge in [-0.15, -0.1) is 0 Å². The Morgan fingerprint density at radius 1 is 1.16 bits per heavy atom. The van der Waals surface area contributed by atoms with Gasteiger partial charge < -0.3 is 31.5 Å². The largest absolute Gasteiger partial charge is 0.510 e. The maximum absolute atomic E-state index is 13.7. The van der Waals surface area contributed by atoms with Gasteiger partial charge in [0.1, 0.15) is 22.8 Å². The van der Waals surface area contributed by atoms with E-state index >= 15 is 0 Å². The first-order chi connectivity index (χ1) is 17.9. The normalized spacial score (nSPS) is 25.7. The van der Waals surface area contributed by atoms with Crippen molar-refractivity contribution < 1.29 is 39.6 Å². The summed E-state index contributed by atoms with van der Waals surface area (Å²) < 4.78 is 0. The van der Waals surface area contributed by atoms with Crippen molar-refractivity contribution in [3.05, 3.63) is 45.7 Å². The van der Waals surface area contributed by atoms with Crippen molar-refractivity contribution in [3.8, 4) is 5.75 Å². The molecule has 11 heteroatoms. The molecular formula is C27H33N3O8. The number of nitrogens with one attached hydrogen (secondary N) is 1. The number of likely N-dealkylation sites (N-methyl/N-ethyl adjacent to an activating group) is 1. The fraction of sp³-hybridized carbons (Fsp3) is 0.481. The number of fused-ring (bicyclic) bond motifs is 3. The summed E-state index contributed by atoms with van der Waals surface area (Å²) in [6.07, 6.45) is 0.299. The lowest BCUT2D eigenvalue weighted by Gasteiger charge is -2.46. The predicted molar refractivity (Wildman–Crippen MR) is 136 cm³/mol. The number of nitrogens with two attached hydrogens (primary N) is 1. The molecule has 204 valence electrons. The SMILES string of the molecule is CC(O)CCNCC(=O)c1ccc(O)c2c1CC1CC3C(C(=O)C(C(N)=O)=C(O)[C@H]3N(C)C)C(=O)C1=C2O. The van der Waals surface area contributed by atoms with Crippen LogP contribution in [0.25, 0.3) is 5.76 Å². The zero-order chi connectivity index (χ0) is 28.0. The molecule has 4 rings (SSSR count). The van der Waals surface area contributed by atoms with Crippen LogP contribution >= 0.6 is 0 Å². The van der Waals surface area contributed by atoms with E-state index in [1.165, 1.54) is 12.1 Å². The van der Waals surface area contributed by atoms with Gasteiger partial charge in [-0.1, -0.05) is 0 Å². The first-order valence-corrected chi connectivity index (χ1v) is 12.5. The Bertz CT molecular complexity index is 1280. The number of hydrogen-bond acceptors (Lipinski definition) is 10. The Labute approximate surface area is 219 Å². The van der Waals surface area contributed by atoms with Crippen molar-refractivity contribution in [1.29, 1.82) is 0 Å². The summed E-state index contributed by atoms with van der Waals surface area (Å²) in [5.41, 5.74) is 5.36. The molecule has 1 amide bonds. The van der Waals surface area contributed by atoms with Crippen molar-refractivity contribution >= 4 is 29.0 Å². The molecule has 1 saturated carbocycles. The average molecular weight is 528 g/mol. The van der Waals surface area contributed by atoms with E-state index in [1.54, 1.807) is 25.9 Å². The minimum Gasteiger partial charge on any atom is -0.510 e. The summed E-state index contributed by atoms with van der Waals surface area (Å²) in [7, 11) is 3.30. The lowest BCUT2D eigenvalue weighted by atomic mass is 9.59. The van der Waals surface area contributed by atoms with Crippen molar-refractivity contribution in [2.45, 2.75) is 38.3 Å². The maximum Gasteiger partial charge on any atom is 0.255 e. The number of phenols is 1. The number of aliphatic hydroxyl groups excluding tert-OH is 3. The highest BCUT2D eigenvalue weighted by molar-refractivity contribution is 6.28. The third-order valence-corrected chi connectivity index (χ3v) is 7.77. The van der Waals surface area contributed by atoms with Crippen LogP contribution in [0, 0.1) is 17.8 Å². The number of nitrogens with zero attached hydrogens (tertiary/aromatic N) is 1. The predicted octanol–water partition coefficient (Wildman–Crippen LogP) is 0.392. The number of carbonyl (C=O) groups is 4. The van der Waals surface area contributed by atoms with E-state index in [4.69, 9.17) is 5.73 Å². The molecule has 1 aromatic carbocycles. The lowest BCUT2D eigenvalue weighted by Crippen LogP contribution is -2.55. The Hall–Kier alpha value is -3.54. The summed E-state index contributed by atoms with van der Waals surface area (Å²) in [5.74, 6) is -6.90. The van der Waals surface area contributed by atoms with Gasteiger partial charge in [0.25, 0.3) is 5.91 Å². The molecule has 0 saturated heterocycles. The minimum atomic E-state index is -1.33. The topological polar surface area (TPSA) is 190 Å². The summed E-state index contributed by atoms with van der Waals surface area (Å²) in [4.78, 5) is 53.6. The van der Waals surface area contributed by atoms with Gasteiger partial charge in [-0.3, -0.25) is 24.1 Å². The van der Waals surface area contributed by atoms with Crippen LogP contribution in [0.4, 0.5) is 0 Å². The van der Waals surface area contributed by atoms with E-state index in [0.29, 0.717) is 18.5 Å². The Kier molecular flexibility index (Phi) is 7.46. The van der Waals surface area contributed by atoms with Gasteiger partial charge in [0.2, 0.25) is 0 Å². The summed E-state index contributed by atoms with van der Waals surface area (Å²) >= 11 is 0. The van der Waals surface area contributed by atoms with Crippen molar-refractivity contribution in [2.75, 3.05) is 27.2 Å². The van der Waals surface area contributed by atoms with Gasteiger partial charge in [0.05, 0.1) is 30.2 Å². The molecule has 1 fully saturated rings. The fourth-order valence-electron chi connectivity index (χ4n) is 6.14. The number of ketones is 3. The third-order valence-electron chi connectivity index (χ3n) is 7.77. The summed E-state index contributed by atoms with van der Waals surface area (Å²) in [5, 5.41) is 45.0. The number of carbonyl (C=O) groups excluding carboxylic acids is 4. The number of rotatable bonds is 8. The van der Waals surface area contributed by atoms with Gasteiger partial charge >= 0.3 is 0 Å². The molecule has 0 radical (unpaired) electrons. The molecule has 7 N–H and O–H groups in total. The second-order valence-electron chi connectivity index (χ2n) is 10.5. The molecule has 0 aromatic heterocycles.